The molecule has 2 aromatic carbocycles. The molecule has 0 atom stereocenters. The maximum Gasteiger partial charge on any atom is 0.271 e. The van der Waals surface area contributed by atoms with Gasteiger partial charge in [0.15, 0.2) is 0 Å². The molecule has 1 heterocycles. The molecule has 0 unspecified atom stereocenters. The van der Waals surface area contributed by atoms with E-state index in [-0.39, 0.29) is 11.6 Å². The Bertz CT molecular complexity index is 1240. The number of aryl methyl sites for hydroxylation is 1. The van der Waals surface area contributed by atoms with E-state index in [4.69, 9.17) is 11.6 Å². The van der Waals surface area contributed by atoms with Crippen molar-refractivity contribution in [2.75, 3.05) is 5.32 Å². The Labute approximate surface area is 194 Å². The van der Waals surface area contributed by atoms with Crippen LogP contribution >= 0.6 is 23.4 Å². The number of nitriles is 1. The second-order valence-corrected chi connectivity index (χ2v) is 9.54. The third kappa shape index (κ3) is 5.25. The quantitative estimate of drug-likeness (QED) is 0.271. The number of anilines is 1. The number of carbonyl (C=O) groups excluding carboxylic acids is 1. The molecule has 0 saturated carbocycles. The van der Waals surface area contributed by atoms with Crippen LogP contribution in [0.1, 0.15) is 25.0 Å². The maximum atomic E-state index is 13.0. The molecule has 7 nitrogen and oxygen atoms in total. The zero-order valence-electron chi connectivity index (χ0n) is 17.5. The van der Waals surface area contributed by atoms with Crippen molar-refractivity contribution in [2.45, 2.75) is 30.5 Å². The predicted molar refractivity (Wildman–Crippen MR) is 126 cm³/mol. The molecular weight excluding hydrogens is 448 g/mol. The van der Waals surface area contributed by atoms with Gasteiger partial charge in [-0.15, -0.1) is 0 Å². The minimum atomic E-state index is -1.02. The number of benzene rings is 2. The third-order valence-electron chi connectivity index (χ3n) is 4.70. The van der Waals surface area contributed by atoms with Crippen LogP contribution in [0.4, 0.5) is 11.4 Å². The molecule has 0 fully saturated rings. The normalized spacial score (nSPS) is 11.0. The molecule has 3 rings (SSSR count). The van der Waals surface area contributed by atoms with Gasteiger partial charge in [-0.25, -0.2) is 4.98 Å². The third-order valence-corrected chi connectivity index (χ3v) is 6.15. The van der Waals surface area contributed by atoms with Crippen molar-refractivity contribution in [3.63, 3.8) is 0 Å². The summed E-state index contributed by atoms with van der Waals surface area (Å²) in [5, 5.41) is 24.4. The number of hydrogen-bond acceptors (Lipinski definition) is 6. The molecule has 1 aromatic heterocycles. The van der Waals surface area contributed by atoms with Gasteiger partial charge in [-0.1, -0.05) is 41.6 Å². The first-order chi connectivity index (χ1) is 15.1. The average molecular weight is 467 g/mol. The lowest BCUT2D eigenvalue weighted by Gasteiger charge is -2.23. The van der Waals surface area contributed by atoms with Gasteiger partial charge in [0.2, 0.25) is 5.91 Å². The summed E-state index contributed by atoms with van der Waals surface area (Å²) < 4.78 is -1.02. The number of amides is 1. The fourth-order valence-corrected chi connectivity index (χ4v) is 3.92. The van der Waals surface area contributed by atoms with E-state index in [9.17, 15) is 20.2 Å². The van der Waals surface area contributed by atoms with Crippen LogP contribution in [-0.4, -0.2) is 20.6 Å². The van der Waals surface area contributed by atoms with Gasteiger partial charge >= 0.3 is 0 Å². The second kappa shape index (κ2) is 9.39. The smallest absolute Gasteiger partial charge is 0.271 e. The van der Waals surface area contributed by atoms with Crippen LogP contribution in [0.25, 0.3) is 11.3 Å². The second-order valence-electron chi connectivity index (χ2n) is 7.49. The van der Waals surface area contributed by atoms with Gasteiger partial charge in [-0.2, -0.15) is 5.26 Å². The molecule has 0 aliphatic rings. The highest BCUT2D eigenvalue weighted by Gasteiger charge is 2.31. The number of nitrogens with zero attached hydrogens (tertiary/aromatic N) is 3. The number of thioether (sulfide) groups is 1. The Morgan fingerprint density at radius 3 is 2.50 bits per heavy atom. The van der Waals surface area contributed by atoms with Crippen LogP contribution in [0.5, 0.6) is 0 Å². The van der Waals surface area contributed by atoms with Crippen molar-refractivity contribution >= 4 is 40.6 Å². The molecule has 1 amide bonds. The van der Waals surface area contributed by atoms with Crippen LogP contribution in [0.3, 0.4) is 0 Å². The molecule has 0 spiro atoms. The lowest BCUT2D eigenvalue weighted by Crippen LogP contribution is -2.34. The standard InChI is InChI=1S/C23H19ClN4O3S/c1-14-4-10-18(28(30)31)12-20(14)27-22(29)23(2,3)32-21-16(13-25)7-11-19(26-21)15-5-8-17(24)9-6-15/h4-12H,1-3H3,(H,27,29). The summed E-state index contributed by atoms with van der Waals surface area (Å²) in [5.74, 6) is -0.367. The highest BCUT2D eigenvalue weighted by molar-refractivity contribution is 8.01. The van der Waals surface area contributed by atoms with Gasteiger partial charge < -0.3 is 5.32 Å². The van der Waals surface area contributed by atoms with Gasteiger partial charge in [0, 0.05) is 22.7 Å². The van der Waals surface area contributed by atoms with Crippen molar-refractivity contribution in [3.8, 4) is 17.3 Å². The number of halogens is 1. The fourth-order valence-electron chi connectivity index (χ4n) is 2.80. The van der Waals surface area contributed by atoms with E-state index >= 15 is 0 Å². The number of pyridine rings is 1. The number of aromatic nitrogens is 1. The predicted octanol–water partition coefficient (Wildman–Crippen LogP) is 6.00. The molecule has 32 heavy (non-hydrogen) atoms. The summed E-state index contributed by atoms with van der Waals surface area (Å²) in [6, 6.07) is 17.0. The Morgan fingerprint density at radius 2 is 1.88 bits per heavy atom. The molecule has 9 heteroatoms. The SMILES string of the molecule is Cc1ccc([N+](=O)[O-])cc1NC(=O)C(C)(C)Sc1nc(-c2ccc(Cl)cc2)ccc1C#N. The molecule has 162 valence electrons. The minimum absolute atomic E-state index is 0.111. The number of nitro groups is 1. The van der Waals surface area contributed by atoms with Gasteiger partial charge in [-0.3, -0.25) is 14.9 Å². The minimum Gasteiger partial charge on any atom is -0.324 e. The van der Waals surface area contributed by atoms with E-state index < -0.39 is 9.67 Å². The summed E-state index contributed by atoms with van der Waals surface area (Å²) in [6.07, 6.45) is 0. The molecule has 0 bridgehead atoms. The maximum absolute atomic E-state index is 13.0. The zero-order valence-corrected chi connectivity index (χ0v) is 19.1. The first-order valence-electron chi connectivity index (χ1n) is 9.53. The lowest BCUT2D eigenvalue weighted by atomic mass is 10.1. The first-order valence-corrected chi connectivity index (χ1v) is 10.7. The summed E-state index contributed by atoms with van der Waals surface area (Å²) in [7, 11) is 0. The molecule has 3 aromatic rings. The lowest BCUT2D eigenvalue weighted by molar-refractivity contribution is -0.384. The molecule has 0 aliphatic heterocycles. The number of nitrogens with one attached hydrogen (secondary N) is 1. The van der Waals surface area contributed by atoms with Crippen LogP contribution in [-0.2, 0) is 4.79 Å². The highest BCUT2D eigenvalue weighted by Crippen LogP contribution is 2.36. The molecule has 1 N–H and O–H groups in total. The van der Waals surface area contributed by atoms with Crippen molar-refractivity contribution in [2.24, 2.45) is 0 Å². The number of hydrogen-bond donors (Lipinski definition) is 1. The molecular formula is C23H19ClN4O3S. The van der Waals surface area contributed by atoms with Crippen LogP contribution in [0.2, 0.25) is 5.02 Å². The number of rotatable bonds is 6. The van der Waals surface area contributed by atoms with E-state index in [1.807, 2.05) is 12.1 Å². The monoisotopic (exact) mass is 466 g/mol. The van der Waals surface area contributed by atoms with Crippen molar-refractivity contribution in [3.05, 3.63) is 80.9 Å². The molecule has 0 radical (unpaired) electrons. The van der Waals surface area contributed by atoms with E-state index in [1.165, 1.54) is 12.1 Å². The van der Waals surface area contributed by atoms with E-state index in [0.717, 1.165) is 17.3 Å². The van der Waals surface area contributed by atoms with Crippen LogP contribution < -0.4 is 5.32 Å². The average Bonchev–Trinajstić information content (AvgIpc) is 2.75. The van der Waals surface area contributed by atoms with Gasteiger partial charge in [-0.05, 0) is 50.6 Å². The number of non-ortho nitro benzene ring substituents is 1. The van der Waals surface area contributed by atoms with E-state index in [2.05, 4.69) is 16.4 Å². The number of carbonyl (C=O) groups is 1. The first kappa shape index (κ1) is 23.3. The van der Waals surface area contributed by atoms with Gasteiger partial charge in [0.05, 0.1) is 26.6 Å². The number of nitro benzene ring substituents is 1. The van der Waals surface area contributed by atoms with Crippen molar-refractivity contribution in [1.82, 2.24) is 4.98 Å². The summed E-state index contributed by atoms with van der Waals surface area (Å²) >= 11 is 7.10. The van der Waals surface area contributed by atoms with Crippen LogP contribution in [0, 0.1) is 28.4 Å². The van der Waals surface area contributed by atoms with Gasteiger partial charge in [0.1, 0.15) is 11.1 Å². The van der Waals surface area contributed by atoms with E-state index in [1.54, 1.807) is 51.1 Å². The van der Waals surface area contributed by atoms with Crippen LogP contribution in [0.15, 0.2) is 59.6 Å². The fraction of sp³-hybridized carbons (Fsp3) is 0.174. The molecule has 0 aliphatic carbocycles. The van der Waals surface area contributed by atoms with Crippen molar-refractivity contribution in [1.29, 1.82) is 5.26 Å². The highest BCUT2D eigenvalue weighted by atomic mass is 35.5. The Morgan fingerprint density at radius 1 is 1.19 bits per heavy atom. The summed E-state index contributed by atoms with van der Waals surface area (Å²) in [6.45, 7) is 5.17. The Balaban J connectivity index is 1.88. The summed E-state index contributed by atoms with van der Waals surface area (Å²) in [4.78, 5) is 28.2. The summed E-state index contributed by atoms with van der Waals surface area (Å²) in [5.41, 5.74) is 2.77. The van der Waals surface area contributed by atoms with E-state index in [0.29, 0.717) is 32.6 Å². The zero-order chi connectivity index (χ0) is 23.5. The van der Waals surface area contributed by atoms with Crippen molar-refractivity contribution < 1.29 is 9.72 Å². The Kier molecular flexibility index (Phi) is 6.82. The molecule has 0 saturated heterocycles. The topological polar surface area (TPSA) is 109 Å². The van der Waals surface area contributed by atoms with Gasteiger partial charge in [0.25, 0.3) is 5.69 Å². The Hall–Kier alpha value is -3.41. The largest absolute Gasteiger partial charge is 0.324 e.